The first-order chi connectivity index (χ1) is 7.95. The zero-order valence-electron chi connectivity index (χ0n) is 10.3. The Hall–Kier alpha value is -0.930. The summed E-state index contributed by atoms with van der Waals surface area (Å²) in [4.78, 5) is 0. The minimum absolute atomic E-state index is 0.118. The van der Waals surface area contributed by atoms with Gasteiger partial charge in [-0.25, -0.2) is 0 Å². The van der Waals surface area contributed by atoms with Crippen LogP contribution in [0, 0.1) is 5.41 Å². The molecule has 94 valence electrons. The molecule has 0 amide bonds. The summed E-state index contributed by atoms with van der Waals surface area (Å²) in [6, 6.07) is 5.73. The van der Waals surface area contributed by atoms with Crippen LogP contribution in [0.5, 0.6) is 5.75 Å². The third-order valence-corrected chi connectivity index (χ3v) is 3.94. The van der Waals surface area contributed by atoms with Crippen molar-refractivity contribution in [2.45, 2.75) is 32.4 Å². The van der Waals surface area contributed by atoms with Gasteiger partial charge in [0.05, 0.1) is 18.9 Å². The molecule has 1 aliphatic carbocycles. The van der Waals surface area contributed by atoms with E-state index in [0.717, 1.165) is 17.9 Å². The van der Waals surface area contributed by atoms with Crippen LogP contribution in [0.15, 0.2) is 18.2 Å². The lowest BCUT2D eigenvalue weighted by Crippen LogP contribution is -2.56. The molecule has 2 atom stereocenters. The molecule has 0 aliphatic heterocycles. The van der Waals surface area contributed by atoms with Crippen molar-refractivity contribution >= 4 is 17.3 Å². The molecule has 2 rings (SSSR count). The Morgan fingerprint density at radius 1 is 1.47 bits per heavy atom. The minimum atomic E-state index is -0.245. The van der Waals surface area contributed by atoms with Crippen LogP contribution in [-0.2, 0) is 0 Å². The van der Waals surface area contributed by atoms with Gasteiger partial charge >= 0.3 is 0 Å². The number of hydrogen-bond donors (Lipinski definition) is 2. The fourth-order valence-electron chi connectivity index (χ4n) is 2.13. The highest BCUT2D eigenvalue weighted by molar-refractivity contribution is 6.30. The molecule has 1 saturated carbocycles. The van der Waals surface area contributed by atoms with Crippen LogP contribution >= 0.6 is 11.6 Å². The van der Waals surface area contributed by atoms with Gasteiger partial charge in [-0.15, -0.1) is 0 Å². The lowest BCUT2D eigenvalue weighted by atomic mass is 9.64. The smallest absolute Gasteiger partial charge is 0.142 e. The molecule has 0 aromatic heterocycles. The zero-order chi connectivity index (χ0) is 12.6. The molecule has 0 bridgehead atoms. The van der Waals surface area contributed by atoms with Crippen LogP contribution in [0.4, 0.5) is 5.69 Å². The first-order valence-electron chi connectivity index (χ1n) is 5.73. The van der Waals surface area contributed by atoms with Crippen molar-refractivity contribution in [1.82, 2.24) is 0 Å². The maximum atomic E-state index is 9.71. The number of anilines is 1. The minimum Gasteiger partial charge on any atom is -0.495 e. The van der Waals surface area contributed by atoms with Crippen molar-refractivity contribution in [3.8, 4) is 5.75 Å². The number of methoxy groups -OCH3 is 1. The highest BCUT2D eigenvalue weighted by Crippen LogP contribution is 2.43. The van der Waals surface area contributed by atoms with Gasteiger partial charge in [0, 0.05) is 16.5 Å². The molecule has 1 aliphatic rings. The van der Waals surface area contributed by atoms with Crippen molar-refractivity contribution < 1.29 is 9.84 Å². The molecule has 1 aromatic rings. The molecule has 2 unspecified atom stereocenters. The number of aliphatic hydroxyl groups excluding tert-OH is 1. The monoisotopic (exact) mass is 255 g/mol. The number of aliphatic hydroxyl groups is 1. The first-order valence-corrected chi connectivity index (χ1v) is 6.11. The maximum Gasteiger partial charge on any atom is 0.142 e. The van der Waals surface area contributed by atoms with E-state index in [4.69, 9.17) is 16.3 Å². The van der Waals surface area contributed by atoms with E-state index in [0.29, 0.717) is 5.02 Å². The molecule has 0 heterocycles. The highest BCUT2D eigenvalue weighted by atomic mass is 35.5. The topological polar surface area (TPSA) is 41.5 Å². The quantitative estimate of drug-likeness (QED) is 0.873. The predicted octanol–water partition coefficient (Wildman–Crippen LogP) is 2.92. The Morgan fingerprint density at radius 2 is 2.18 bits per heavy atom. The van der Waals surface area contributed by atoms with E-state index < -0.39 is 0 Å². The maximum absolute atomic E-state index is 9.71. The van der Waals surface area contributed by atoms with E-state index in [1.807, 2.05) is 12.1 Å². The van der Waals surface area contributed by atoms with Crippen LogP contribution in [0.2, 0.25) is 5.02 Å². The Bertz CT molecular complexity index is 420. The van der Waals surface area contributed by atoms with Crippen molar-refractivity contribution in [2.24, 2.45) is 5.41 Å². The number of ether oxygens (including phenoxy) is 1. The second-order valence-electron chi connectivity index (χ2n) is 5.11. The summed E-state index contributed by atoms with van der Waals surface area (Å²) in [5.74, 6) is 0.770. The summed E-state index contributed by atoms with van der Waals surface area (Å²) in [5, 5.41) is 13.8. The summed E-state index contributed by atoms with van der Waals surface area (Å²) >= 11 is 5.97. The number of benzene rings is 1. The third-order valence-electron chi connectivity index (χ3n) is 3.71. The molecule has 0 radical (unpaired) electrons. The fourth-order valence-corrected chi connectivity index (χ4v) is 2.30. The molecular formula is C13H18ClNO2. The molecule has 4 heteroatoms. The zero-order valence-corrected chi connectivity index (χ0v) is 11.1. The molecule has 3 nitrogen and oxygen atoms in total. The lowest BCUT2D eigenvalue weighted by Gasteiger charge is -2.50. The first kappa shape index (κ1) is 12.5. The van der Waals surface area contributed by atoms with E-state index in [1.54, 1.807) is 13.2 Å². The molecule has 2 N–H and O–H groups in total. The van der Waals surface area contributed by atoms with Crippen LogP contribution < -0.4 is 10.1 Å². The lowest BCUT2D eigenvalue weighted by molar-refractivity contribution is -0.0511. The predicted molar refractivity (Wildman–Crippen MR) is 69.8 cm³/mol. The average Bonchev–Trinajstić information content (AvgIpc) is 2.29. The summed E-state index contributed by atoms with van der Waals surface area (Å²) in [6.07, 6.45) is 0.507. The van der Waals surface area contributed by atoms with Crippen molar-refractivity contribution in [3.63, 3.8) is 0 Å². The molecule has 1 fully saturated rings. The summed E-state index contributed by atoms with van der Waals surface area (Å²) < 4.78 is 5.28. The van der Waals surface area contributed by atoms with Gasteiger partial charge in [-0.05, 0) is 24.6 Å². The summed E-state index contributed by atoms with van der Waals surface area (Å²) in [5.41, 5.74) is 0.762. The van der Waals surface area contributed by atoms with E-state index >= 15 is 0 Å². The van der Waals surface area contributed by atoms with Gasteiger partial charge in [-0.2, -0.15) is 0 Å². The van der Waals surface area contributed by atoms with E-state index in [-0.39, 0.29) is 17.6 Å². The Balaban J connectivity index is 2.16. The fraction of sp³-hybridized carbons (Fsp3) is 0.538. The van der Waals surface area contributed by atoms with Gasteiger partial charge in [0.15, 0.2) is 0 Å². The number of rotatable bonds is 3. The van der Waals surface area contributed by atoms with Crippen LogP contribution in [0.25, 0.3) is 0 Å². The van der Waals surface area contributed by atoms with Crippen LogP contribution in [0.3, 0.4) is 0 Å². The molecule has 0 spiro atoms. The summed E-state index contributed by atoms with van der Waals surface area (Å²) in [7, 11) is 1.63. The van der Waals surface area contributed by atoms with Crippen molar-refractivity contribution in [3.05, 3.63) is 23.2 Å². The van der Waals surface area contributed by atoms with Gasteiger partial charge in [0.1, 0.15) is 5.75 Å². The van der Waals surface area contributed by atoms with E-state index in [2.05, 4.69) is 19.2 Å². The van der Waals surface area contributed by atoms with Gasteiger partial charge in [0.25, 0.3) is 0 Å². The Labute approximate surface area is 107 Å². The van der Waals surface area contributed by atoms with Crippen LogP contribution in [-0.4, -0.2) is 24.4 Å². The SMILES string of the molecule is COc1ccc(Cl)cc1NC1CC(O)C1(C)C. The second kappa shape index (κ2) is 4.39. The second-order valence-corrected chi connectivity index (χ2v) is 5.55. The number of nitrogens with one attached hydrogen (secondary N) is 1. The third kappa shape index (κ3) is 2.22. The van der Waals surface area contributed by atoms with Gasteiger partial charge in [0.2, 0.25) is 0 Å². The van der Waals surface area contributed by atoms with E-state index in [1.165, 1.54) is 0 Å². The molecule has 0 saturated heterocycles. The van der Waals surface area contributed by atoms with Crippen molar-refractivity contribution in [1.29, 1.82) is 0 Å². The number of halogens is 1. The highest BCUT2D eigenvalue weighted by Gasteiger charge is 2.47. The largest absolute Gasteiger partial charge is 0.495 e. The Kier molecular flexibility index (Phi) is 3.23. The van der Waals surface area contributed by atoms with Gasteiger partial charge in [-0.1, -0.05) is 25.4 Å². The average molecular weight is 256 g/mol. The Morgan fingerprint density at radius 3 is 2.71 bits per heavy atom. The molecular weight excluding hydrogens is 238 g/mol. The molecule has 17 heavy (non-hydrogen) atoms. The number of hydrogen-bond acceptors (Lipinski definition) is 3. The van der Waals surface area contributed by atoms with Gasteiger partial charge < -0.3 is 15.2 Å². The van der Waals surface area contributed by atoms with Crippen LogP contribution in [0.1, 0.15) is 20.3 Å². The molecule has 1 aromatic carbocycles. The standard InChI is InChI=1S/C13H18ClNO2/c1-13(2)11(7-12(13)16)15-9-6-8(14)4-5-10(9)17-3/h4-6,11-12,15-16H,7H2,1-3H3. The van der Waals surface area contributed by atoms with Gasteiger partial charge in [-0.3, -0.25) is 0 Å². The van der Waals surface area contributed by atoms with Crippen molar-refractivity contribution in [2.75, 3.05) is 12.4 Å². The van der Waals surface area contributed by atoms with E-state index in [9.17, 15) is 5.11 Å². The summed E-state index contributed by atoms with van der Waals surface area (Å²) in [6.45, 7) is 4.10. The normalized spacial score (nSPS) is 26.2.